The third kappa shape index (κ3) is 6.27. The van der Waals surface area contributed by atoms with Gasteiger partial charge in [-0.2, -0.15) is 0 Å². The summed E-state index contributed by atoms with van der Waals surface area (Å²) in [6, 6.07) is 10.6. The van der Waals surface area contributed by atoms with E-state index in [1.54, 1.807) is 0 Å². The lowest BCUT2D eigenvalue weighted by atomic mass is 9.91. The van der Waals surface area contributed by atoms with Crippen molar-refractivity contribution in [2.24, 2.45) is 0 Å². The number of hydrogen-bond donors (Lipinski definition) is 1. The molecule has 1 saturated heterocycles. The van der Waals surface area contributed by atoms with Crippen LogP contribution in [0.15, 0.2) is 48.3 Å². The molecule has 0 radical (unpaired) electrons. The number of likely N-dealkylation sites (tertiary alicyclic amines) is 1. The van der Waals surface area contributed by atoms with E-state index in [0.29, 0.717) is 0 Å². The molecule has 1 aromatic heterocycles. The summed E-state index contributed by atoms with van der Waals surface area (Å²) < 4.78 is 0. The predicted molar refractivity (Wildman–Crippen MR) is 129 cm³/mol. The Morgan fingerprint density at radius 3 is 2.48 bits per heavy atom. The fraction of sp³-hybridized carbons (Fsp3) is 0.481. The maximum atomic E-state index is 13.0. The highest BCUT2D eigenvalue weighted by Crippen LogP contribution is 2.28. The number of allylic oxidation sites excluding steroid dienone is 2. The van der Waals surface area contributed by atoms with Gasteiger partial charge in [-0.05, 0) is 86.1 Å². The largest absolute Gasteiger partial charge is 0.349 e. The summed E-state index contributed by atoms with van der Waals surface area (Å²) in [6.07, 6.45) is 8.93. The maximum Gasteiger partial charge on any atom is 0.251 e. The lowest BCUT2D eigenvalue weighted by Gasteiger charge is -2.32. The second-order valence-corrected chi connectivity index (χ2v) is 8.77. The van der Waals surface area contributed by atoms with Gasteiger partial charge in [-0.3, -0.25) is 14.7 Å². The van der Waals surface area contributed by atoms with Crippen molar-refractivity contribution < 1.29 is 4.79 Å². The van der Waals surface area contributed by atoms with Crippen LogP contribution in [0.25, 0.3) is 5.57 Å². The number of nitrogens with zero attached hydrogens (tertiary/aromatic N) is 2. The number of aryl methyl sites for hydroxylation is 1. The molecule has 0 bridgehead atoms. The van der Waals surface area contributed by atoms with E-state index in [9.17, 15) is 4.79 Å². The average Bonchev–Trinajstić information content (AvgIpc) is 2.78. The van der Waals surface area contributed by atoms with E-state index < -0.39 is 0 Å². The first-order chi connectivity index (χ1) is 15.0. The molecule has 2 aromatic rings. The highest BCUT2D eigenvalue weighted by atomic mass is 16.1. The summed E-state index contributed by atoms with van der Waals surface area (Å²) in [5.74, 6) is 0.0532. The minimum Gasteiger partial charge on any atom is -0.349 e. The lowest BCUT2D eigenvalue weighted by Crippen LogP contribution is -2.44. The van der Waals surface area contributed by atoms with Crippen LogP contribution in [0, 0.1) is 6.92 Å². The van der Waals surface area contributed by atoms with Gasteiger partial charge >= 0.3 is 0 Å². The summed E-state index contributed by atoms with van der Waals surface area (Å²) in [5.41, 5.74) is 7.37. The number of benzene rings is 1. The van der Waals surface area contributed by atoms with Gasteiger partial charge in [-0.15, -0.1) is 0 Å². The van der Waals surface area contributed by atoms with Gasteiger partial charge in [0.1, 0.15) is 0 Å². The van der Waals surface area contributed by atoms with Crippen molar-refractivity contribution >= 4 is 11.5 Å². The van der Waals surface area contributed by atoms with E-state index in [-0.39, 0.29) is 11.9 Å². The van der Waals surface area contributed by atoms with E-state index >= 15 is 0 Å². The van der Waals surface area contributed by atoms with Crippen molar-refractivity contribution in [1.29, 1.82) is 0 Å². The standard InChI is InChI=1S/C27H37N3O/c1-5-7-20(3)25(6-2)26-18-23(9-8-21(26)4)27(31)29-24-12-16-30(17-13-24)19-22-10-14-28-15-11-22/h8-11,14-15,18,24H,5-7,12-13,16-17,19H2,1-4H3,(H,29,31)/b25-20+. The SMILES string of the molecule is CCC/C(C)=C(\CC)c1cc(C(=O)NC2CCN(Cc3ccncc3)CC2)ccc1C. The molecule has 1 amide bonds. The van der Waals surface area contributed by atoms with E-state index in [1.807, 2.05) is 18.5 Å². The van der Waals surface area contributed by atoms with Crippen molar-refractivity contribution in [1.82, 2.24) is 15.2 Å². The smallest absolute Gasteiger partial charge is 0.251 e. The molecule has 0 aliphatic carbocycles. The summed E-state index contributed by atoms with van der Waals surface area (Å²) in [4.78, 5) is 19.6. The molecular weight excluding hydrogens is 382 g/mol. The minimum absolute atomic E-state index is 0.0532. The Labute approximate surface area is 187 Å². The van der Waals surface area contributed by atoms with Gasteiger partial charge in [0.25, 0.3) is 5.91 Å². The van der Waals surface area contributed by atoms with Gasteiger partial charge in [0.15, 0.2) is 0 Å². The van der Waals surface area contributed by atoms with Crippen LogP contribution in [0.4, 0.5) is 0 Å². The van der Waals surface area contributed by atoms with Gasteiger partial charge in [0.05, 0.1) is 0 Å². The minimum atomic E-state index is 0.0532. The topological polar surface area (TPSA) is 45.2 Å². The number of carbonyl (C=O) groups is 1. The molecule has 0 spiro atoms. The first-order valence-corrected chi connectivity index (χ1v) is 11.7. The highest BCUT2D eigenvalue weighted by Gasteiger charge is 2.21. The molecule has 3 rings (SSSR count). The van der Waals surface area contributed by atoms with Crippen LogP contribution in [0.5, 0.6) is 0 Å². The molecule has 4 nitrogen and oxygen atoms in total. The zero-order chi connectivity index (χ0) is 22.2. The maximum absolute atomic E-state index is 13.0. The van der Waals surface area contributed by atoms with Gasteiger partial charge in [-0.1, -0.05) is 31.9 Å². The molecule has 166 valence electrons. The lowest BCUT2D eigenvalue weighted by molar-refractivity contribution is 0.0909. The average molecular weight is 420 g/mol. The van der Waals surface area contributed by atoms with Crippen LogP contribution in [0.3, 0.4) is 0 Å². The van der Waals surface area contributed by atoms with Crippen LogP contribution in [-0.2, 0) is 6.54 Å². The quantitative estimate of drug-likeness (QED) is 0.591. The number of aromatic nitrogens is 1. The second kappa shape index (κ2) is 11.2. The molecule has 0 unspecified atom stereocenters. The number of rotatable bonds is 8. The van der Waals surface area contributed by atoms with Gasteiger partial charge in [0.2, 0.25) is 0 Å². The van der Waals surface area contributed by atoms with E-state index in [4.69, 9.17) is 0 Å². The number of pyridine rings is 1. The van der Waals surface area contributed by atoms with E-state index in [0.717, 1.165) is 57.3 Å². The van der Waals surface area contributed by atoms with Crippen LogP contribution >= 0.6 is 0 Å². The Kier molecular flexibility index (Phi) is 8.42. The van der Waals surface area contributed by atoms with Crippen LogP contribution in [0.1, 0.15) is 79.9 Å². The number of carbonyl (C=O) groups excluding carboxylic acids is 1. The van der Waals surface area contributed by atoms with Gasteiger partial charge < -0.3 is 5.32 Å². The summed E-state index contributed by atoms with van der Waals surface area (Å²) >= 11 is 0. The Balaban J connectivity index is 1.62. The molecule has 31 heavy (non-hydrogen) atoms. The van der Waals surface area contributed by atoms with Crippen molar-refractivity contribution in [3.05, 3.63) is 70.6 Å². The highest BCUT2D eigenvalue weighted by molar-refractivity contribution is 5.95. The summed E-state index contributed by atoms with van der Waals surface area (Å²) in [7, 11) is 0. The van der Waals surface area contributed by atoms with Crippen LogP contribution in [0.2, 0.25) is 0 Å². The Morgan fingerprint density at radius 2 is 1.84 bits per heavy atom. The number of piperidine rings is 1. The predicted octanol–water partition coefficient (Wildman–Crippen LogP) is 5.77. The van der Waals surface area contributed by atoms with Gasteiger partial charge in [0, 0.05) is 43.6 Å². The normalized spacial score (nSPS) is 16.1. The number of amides is 1. The number of nitrogens with one attached hydrogen (secondary N) is 1. The molecule has 1 N–H and O–H groups in total. The van der Waals surface area contributed by atoms with Crippen LogP contribution in [-0.4, -0.2) is 34.9 Å². The molecule has 0 saturated carbocycles. The van der Waals surface area contributed by atoms with E-state index in [2.05, 4.69) is 67.2 Å². The molecule has 1 aliphatic heterocycles. The summed E-state index contributed by atoms with van der Waals surface area (Å²) in [6.45, 7) is 11.8. The van der Waals surface area contributed by atoms with E-state index in [1.165, 1.54) is 27.8 Å². The molecule has 2 heterocycles. The molecule has 1 aliphatic rings. The van der Waals surface area contributed by atoms with Crippen LogP contribution < -0.4 is 5.32 Å². The van der Waals surface area contributed by atoms with Crippen molar-refractivity contribution in [2.45, 2.75) is 72.4 Å². The number of hydrogen-bond acceptors (Lipinski definition) is 3. The van der Waals surface area contributed by atoms with Crippen molar-refractivity contribution in [2.75, 3.05) is 13.1 Å². The third-order valence-electron chi connectivity index (χ3n) is 6.40. The third-order valence-corrected chi connectivity index (χ3v) is 6.40. The fourth-order valence-electron chi connectivity index (χ4n) is 4.59. The molecule has 1 aromatic carbocycles. The monoisotopic (exact) mass is 419 g/mol. The Hall–Kier alpha value is -2.46. The zero-order valence-corrected chi connectivity index (χ0v) is 19.6. The Morgan fingerprint density at radius 1 is 1.13 bits per heavy atom. The van der Waals surface area contributed by atoms with Gasteiger partial charge in [-0.25, -0.2) is 0 Å². The Bertz CT molecular complexity index is 896. The van der Waals surface area contributed by atoms with Crippen molar-refractivity contribution in [3.8, 4) is 0 Å². The first kappa shape index (κ1) is 23.2. The molecule has 0 atom stereocenters. The molecule has 4 heteroatoms. The zero-order valence-electron chi connectivity index (χ0n) is 19.6. The van der Waals surface area contributed by atoms with Crippen molar-refractivity contribution in [3.63, 3.8) is 0 Å². The fourth-order valence-corrected chi connectivity index (χ4v) is 4.59. The molecular formula is C27H37N3O. The first-order valence-electron chi connectivity index (χ1n) is 11.7. The second-order valence-electron chi connectivity index (χ2n) is 8.77. The molecule has 1 fully saturated rings. The summed E-state index contributed by atoms with van der Waals surface area (Å²) in [5, 5.41) is 3.29.